The number of hydrogen-bond acceptors (Lipinski definition) is 5. The Morgan fingerprint density at radius 3 is 2.63 bits per heavy atom. The van der Waals surface area contributed by atoms with Gasteiger partial charge in [-0.2, -0.15) is 0 Å². The number of nitro groups is 1. The Morgan fingerprint density at radius 1 is 1.22 bits per heavy atom. The van der Waals surface area contributed by atoms with E-state index in [2.05, 4.69) is 5.32 Å². The summed E-state index contributed by atoms with van der Waals surface area (Å²) in [7, 11) is 0. The number of ketones is 1. The molecule has 1 saturated heterocycles. The van der Waals surface area contributed by atoms with Crippen LogP contribution in [0.3, 0.4) is 0 Å². The average Bonchev–Trinajstić information content (AvgIpc) is 3.08. The lowest BCUT2D eigenvalue weighted by atomic mass is 10.0. The number of likely N-dealkylation sites (tertiary alicyclic amines) is 1. The molecular weight excluding hydrogens is 356 g/mol. The first kappa shape index (κ1) is 18.9. The molecule has 0 bridgehead atoms. The van der Waals surface area contributed by atoms with E-state index in [4.69, 9.17) is 0 Å². The highest BCUT2D eigenvalue weighted by molar-refractivity contribution is 6.09. The zero-order valence-electron chi connectivity index (χ0n) is 14.5. The molecule has 0 saturated carbocycles. The molecule has 0 aliphatic carbocycles. The van der Waals surface area contributed by atoms with Crippen molar-refractivity contribution >= 4 is 17.2 Å². The van der Waals surface area contributed by atoms with E-state index in [-0.39, 0.29) is 35.3 Å². The number of benzene rings is 2. The summed E-state index contributed by atoms with van der Waals surface area (Å²) in [6.07, 6.45) is -1.78. The topological polar surface area (TPSA) is 75.5 Å². The third-order valence-corrected chi connectivity index (χ3v) is 4.52. The molecule has 1 heterocycles. The van der Waals surface area contributed by atoms with E-state index in [1.54, 1.807) is 35.2 Å². The lowest BCUT2D eigenvalue weighted by Gasteiger charge is -2.17. The lowest BCUT2D eigenvalue weighted by Crippen LogP contribution is -2.30. The van der Waals surface area contributed by atoms with Crippen LogP contribution in [-0.4, -0.2) is 47.7 Å². The standard InChI is InChI=1S/C19H19F2N3O3/c20-18(21)12-23-9-8-15(11-23)22-16-7-6-14(10-17(16)24(26)27)19(25)13-4-2-1-3-5-13/h1-7,10,15,18,22H,8-9,11-12H2/t15-/m1/s1. The monoisotopic (exact) mass is 375 g/mol. The van der Waals surface area contributed by atoms with Crippen molar-refractivity contribution in [2.45, 2.75) is 18.9 Å². The molecule has 1 aliphatic rings. The van der Waals surface area contributed by atoms with Crippen molar-refractivity contribution < 1.29 is 18.5 Å². The van der Waals surface area contributed by atoms with E-state index >= 15 is 0 Å². The average molecular weight is 375 g/mol. The van der Waals surface area contributed by atoms with Gasteiger partial charge < -0.3 is 5.32 Å². The second-order valence-corrected chi connectivity index (χ2v) is 6.46. The molecule has 8 heteroatoms. The number of hydrogen-bond donors (Lipinski definition) is 1. The minimum absolute atomic E-state index is 0.155. The Morgan fingerprint density at radius 2 is 1.96 bits per heavy atom. The van der Waals surface area contributed by atoms with E-state index in [1.807, 2.05) is 0 Å². The number of nitro benzene ring substituents is 1. The van der Waals surface area contributed by atoms with Gasteiger partial charge in [-0.1, -0.05) is 30.3 Å². The molecule has 1 fully saturated rings. The van der Waals surface area contributed by atoms with Gasteiger partial charge in [0.1, 0.15) is 5.69 Å². The Hall–Kier alpha value is -2.87. The van der Waals surface area contributed by atoms with Gasteiger partial charge in [-0.05, 0) is 18.6 Å². The van der Waals surface area contributed by atoms with Crippen LogP contribution in [0.4, 0.5) is 20.2 Å². The third-order valence-electron chi connectivity index (χ3n) is 4.52. The molecule has 142 valence electrons. The lowest BCUT2D eigenvalue weighted by molar-refractivity contribution is -0.384. The van der Waals surface area contributed by atoms with Crippen LogP contribution in [0.15, 0.2) is 48.5 Å². The minimum Gasteiger partial charge on any atom is -0.375 e. The van der Waals surface area contributed by atoms with Crippen molar-refractivity contribution in [1.82, 2.24) is 4.90 Å². The van der Waals surface area contributed by atoms with E-state index in [9.17, 15) is 23.7 Å². The summed E-state index contributed by atoms with van der Waals surface area (Å²) in [5, 5.41) is 14.5. The second kappa shape index (κ2) is 8.22. The summed E-state index contributed by atoms with van der Waals surface area (Å²) in [5.41, 5.74) is 0.757. The van der Waals surface area contributed by atoms with Crippen molar-refractivity contribution in [3.05, 3.63) is 69.8 Å². The highest BCUT2D eigenvalue weighted by atomic mass is 19.3. The molecule has 0 unspecified atom stereocenters. The molecule has 27 heavy (non-hydrogen) atoms. The largest absolute Gasteiger partial charge is 0.375 e. The van der Waals surface area contributed by atoms with Gasteiger partial charge >= 0.3 is 0 Å². The van der Waals surface area contributed by atoms with Crippen LogP contribution in [0, 0.1) is 10.1 Å². The zero-order chi connectivity index (χ0) is 19.4. The summed E-state index contributed by atoms with van der Waals surface area (Å²) in [6, 6.07) is 12.7. The van der Waals surface area contributed by atoms with Crippen molar-refractivity contribution in [3.63, 3.8) is 0 Å². The van der Waals surface area contributed by atoms with Gasteiger partial charge in [0, 0.05) is 36.3 Å². The molecule has 0 amide bonds. The zero-order valence-corrected chi connectivity index (χ0v) is 14.5. The first-order valence-corrected chi connectivity index (χ1v) is 8.59. The molecule has 2 aromatic rings. The number of rotatable bonds is 7. The molecule has 3 rings (SSSR count). The number of carbonyl (C=O) groups excluding carboxylic acids is 1. The molecule has 0 radical (unpaired) electrons. The second-order valence-electron chi connectivity index (χ2n) is 6.46. The first-order valence-electron chi connectivity index (χ1n) is 8.59. The molecule has 0 spiro atoms. The van der Waals surface area contributed by atoms with Gasteiger partial charge in [-0.3, -0.25) is 19.8 Å². The van der Waals surface area contributed by atoms with Crippen LogP contribution in [0.5, 0.6) is 0 Å². The van der Waals surface area contributed by atoms with Crippen molar-refractivity contribution in [1.29, 1.82) is 0 Å². The smallest absolute Gasteiger partial charge is 0.293 e. The fourth-order valence-electron chi connectivity index (χ4n) is 3.23. The van der Waals surface area contributed by atoms with Gasteiger partial charge in [0.25, 0.3) is 12.1 Å². The number of carbonyl (C=O) groups is 1. The fourth-order valence-corrected chi connectivity index (χ4v) is 3.23. The number of halogens is 2. The van der Waals surface area contributed by atoms with Crippen LogP contribution in [0.1, 0.15) is 22.3 Å². The van der Waals surface area contributed by atoms with Crippen LogP contribution in [0.2, 0.25) is 0 Å². The Bertz CT molecular complexity index is 830. The normalized spacial score (nSPS) is 17.2. The van der Waals surface area contributed by atoms with Gasteiger partial charge in [0.05, 0.1) is 11.5 Å². The minimum atomic E-state index is -2.40. The Balaban J connectivity index is 1.77. The summed E-state index contributed by atoms with van der Waals surface area (Å²) in [6.45, 7) is 0.608. The summed E-state index contributed by atoms with van der Waals surface area (Å²) in [4.78, 5) is 25.0. The number of nitrogens with one attached hydrogen (secondary N) is 1. The van der Waals surface area contributed by atoms with E-state index in [0.717, 1.165) is 0 Å². The first-order chi connectivity index (χ1) is 12.9. The maximum absolute atomic E-state index is 12.5. The summed E-state index contributed by atoms with van der Waals surface area (Å²) in [5.74, 6) is -0.297. The Kier molecular flexibility index (Phi) is 5.75. The molecule has 1 atom stereocenters. The van der Waals surface area contributed by atoms with Crippen LogP contribution < -0.4 is 5.32 Å². The highest BCUT2D eigenvalue weighted by Crippen LogP contribution is 2.29. The number of anilines is 1. The van der Waals surface area contributed by atoms with E-state index in [0.29, 0.717) is 25.1 Å². The molecule has 1 aliphatic heterocycles. The van der Waals surface area contributed by atoms with Crippen molar-refractivity contribution in [2.75, 3.05) is 25.0 Å². The molecule has 6 nitrogen and oxygen atoms in total. The maximum atomic E-state index is 12.5. The third kappa shape index (κ3) is 4.65. The number of alkyl halides is 2. The fraction of sp³-hybridized carbons (Fsp3) is 0.316. The van der Waals surface area contributed by atoms with Crippen molar-refractivity contribution in [2.24, 2.45) is 0 Å². The maximum Gasteiger partial charge on any atom is 0.293 e. The highest BCUT2D eigenvalue weighted by Gasteiger charge is 2.27. The van der Waals surface area contributed by atoms with Gasteiger partial charge in [0.15, 0.2) is 5.78 Å². The van der Waals surface area contributed by atoms with Gasteiger partial charge in [0.2, 0.25) is 0 Å². The number of nitrogens with zero attached hydrogens (tertiary/aromatic N) is 2. The molecule has 1 N–H and O–H groups in total. The van der Waals surface area contributed by atoms with Crippen LogP contribution in [0.25, 0.3) is 0 Å². The van der Waals surface area contributed by atoms with Gasteiger partial charge in [-0.15, -0.1) is 0 Å². The quantitative estimate of drug-likeness (QED) is 0.455. The Labute approximate surface area is 154 Å². The van der Waals surface area contributed by atoms with E-state index < -0.39 is 11.3 Å². The molecular formula is C19H19F2N3O3. The predicted octanol–water partition coefficient (Wildman–Crippen LogP) is 3.58. The summed E-state index contributed by atoms with van der Waals surface area (Å²) < 4.78 is 25.0. The SMILES string of the molecule is O=C(c1ccccc1)c1ccc(N[C@@H]2CCN(CC(F)F)C2)c([N+](=O)[O-])c1. The van der Waals surface area contributed by atoms with Crippen LogP contribution >= 0.6 is 0 Å². The van der Waals surface area contributed by atoms with Gasteiger partial charge in [-0.25, -0.2) is 8.78 Å². The predicted molar refractivity (Wildman–Crippen MR) is 97.4 cm³/mol. The summed E-state index contributed by atoms with van der Waals surface area (Å²) >= 11 is 0. The molecule has 0 aromatic heterocycles. The van der Waals surface area contributed by atoms with E-state index in [1.165, 1.54) is 18.2 Å². The molecule has 2 aromatic carbocycles. The van der Waals surface area contributed by atoms with Crippen molar-refractivity contribution in [3.8, 4) is 0 Å². The van der Waals surface area contributed by atoms with Crippen LogP contribution in [-0.2, 0) is 0 Å².